The molecule has 0 saturated heterocycles. The van der Waals surface area contributed by atoms with E-state index in [0.29, 0.717) is 36.5 Å². The molecule has 0 radical (unpaired) electrons. The van der Waals surface area contributed by atoms with Crippen LogP contribution in [0.25, 0.3) is 0 Å². The van der Waals surface area contributed by atoms with Gasteiger partial charge in [0.25, 0.3) is 5.91 Å². The van der Waals surface area contributed by atoms with Crippen molar-refractivity contribution in [3.63, 3.8) is 0 Å². The van der Waals surface area contributed by atoms with E-state index >= 15 is 0 Å². The zero-order chi connectivity index (χ0) is 21.0. The van der Waals surface area contributed by atoms with Crippen molar-refractivity contribution in [3.8, 4) is 5.88 Å². The second kappa shape index (κ2) is 8.76. The summed E-state index contributed by atoms with van der Waals surface area (Å²) in [5.74, 6) is 1.24. The zero-order valence-corrected chi connectivity index (χ0v) is 17.5. The van der Waals surface area contributed by atoms with Crippen LogP contribution < -0.4 is 15.0 Å². The first-order valence-electron chi connectivity index (χ1n) is 11.0. The predicted molar refractivity (Wildman–Crippen MR) is 121 cm³/mol. The third-order valence-corrected chi connectivity index (χ3v) is 6.02. The molecule has 2 aromatic heterocycles. The minimum atomic E-state index is -0.0287. The lowest BCUT2D eigenvalue weighted by molar-refractivity contribution is 0.0990. The molecule has 1 amide bonds. The van der Waals surface area contributed by atoms with Gasteiger partial charge in [-0.15, -0.1) is 0 Å². The van der Waals surface area contributed by atoms with E-state index < -0.39 is 0 Å². The molecule has 6 heteroatoms. The number of para-hydroxylation sites is 1. The van der Waals surface area contributed by atoms with Crippen molar-refractivity contribution >= 4 is 17.4 Å². The van der Waals surface area contributed by atoms with Crippen LogP contribution in [0.2, 0.25) is 0 Å². The number of carbonyl (C=O) groups is 1. The van der Waals surface area contributed by atoms with E-state index in [2.05, 4.69) is 21.4 Å². The van der Waals surface area contributed by atoms with E-state index in [1.807, 2.05) is 47.5 Å². The second-order valence-electron chi connectivity index (χ2n) is 8.12. The molecule has 5 rings (SSSR count). The van der Waals surface area contributed by atoms with Gasteiger partial charge in [0.15, 0.2) is 0 Å². The smallest absolute Gasteiger partial charge is 0.262 e. The molecule has 3 aromatic rings. The SMILES string of the molecule is O=C(c1cccnc1NCc1ccc(OC2CCCC2)nc1)N1CCc2ccccc21. The molecule has 1 fully saturated rings. The topological polar surface area (TPSA) is 67.3 Å². The first-order valence-corrected chi connectivity index (χ1v) is 11.0. The number of anilines is 2. The summed E-state index contributed by atoms with van der Waals surface area (Å²) >= 11 is 0. The molecule has 0 atom stereocenters. The summed E-state index contributed by atoms with van der Waals surface area (Å²) in [6, 6.07) is 15.6. The largest absolute Gasteiger partial charge is 0.474 e. The number of nitrogens with one attached hydrogen (secondary N) is 1. The molecule has 2 aliphatic rings. The van der Waals surface area contributed by atoms with Crippen LogP contribution in [0.5, 0.6) is 5.88 Å². The molecule has 1 N–H and O–H groups in total. The van der Waals surface area contributed by atoms with Crippen LogP contribution in [0.4, 0.5) is 11.5 Å². The van der Waals surface area contributed by atoms with Crippen molar-refractivity contribution in [1.82, 2.24) is 9.97 Å². The highest BCUT2D eigenvalue weighted by atomic mass is 16.5. The van der Waals surface area contributed by atoms with Gasteiger partial charge in [-0.05, 0) is 61.4 Å². The van der Waals surface area contributed by atoms with E-state index in [1.165, 1.54) is 18.4 Å². The Labute approximate surface area is 182 Å². The maximum atomic E-state index is 13.3. The summed E-state index contributed by atoms with van der Waals surface area (Å²) in [6.45, 7) is 1.23. The maximum Gasteiger partial charge on any atom is 0.262 e. The van der Waals surface area contributed by atoms with E-state index in [0.717, 1.165) is 30.5 Å². The number of fused-ring (bicyclic) bond motifs is 1. The van der Waals surface area contributed by atoms with E-state index in [4.69, 9.17) is 4.74 Å². The maximum absolute atomic E-state index is 13.3. The van der Waals surface area contributed by atoms with Crippen molar-refractivity contribution in [3.05, 3.63) is 77.6 Å². The summed E-state index contributed by atoms with van der Waals surface area (Å²) in [6.07, 6.45) is 9.40. The summed E-state index contributed by atoms with van der Waals surface area (Å²) in [5, 5.41) is 3.31. The third-order valence-electron chi connectivity index (χ3n) is 6.02. The fraction of sp³-hybridized carbons (Fsp3) is 0.320. The van der Waals surface area contributed by atoms with Crippen LogP contribution in [0.1, 0.15) is 47.2 Å². The Kier molecular flexibility index (Phi) is 5.52. The van der Waals surface area contributed by atoms with Gasteiger partial charge in [0, 0.05) is 37.2 Å². The van der Waals surface area contributed by atoms with Crippen molar-refractivity contribution in [2.45, 2.75) is 44.8 Å². The van der Waals surface area contributed by atoms with Gasteiger partial charge in [-0.3, -0.25) is 4.79 Å². The van der Waals surface area contributed by atoms with Gasteiger partial charge >= 0.3 is 0 Å². The number of hydrogen-bond acceptors (Lipinski definition) is 5. The number of benzene rings is 1. The molecule has 1 aromatic carbocycles. The Balaban J connectivity index is 1.26. The van der Waals surface area contributed by atoms with Crippen LogP contribution in [0.3, 0.4) is 0 Å². The highest BCUT2D eigenvalue weighted by Crippen LogP contribution is 2.30. The van der Waals surface area contributed by atoms with Crippen molar-refractivity contribution in [2.75, 3.05) is 16.8 Å². The number of aromatic nitrogens is 2. The summed E-state index contributed by atoms with van der Waals surface area (Å²) in [7, 11) is 0. The molecular formula is C25H26N4O2. The number of hydrogen-bond donors (Lipinski definition) is 1. The molecule has 0 unspecified atom stereocenters. The number of amides is 1. The average Bonchev–Trinajstić information content (AvgIpc) is 3.48. The normalized spacial score (nSPS) is 15.7. The van der Waals surface area contributed by atoms with Crippen LogP contribution in [-0.2, 0) is 13.0 Å². The van der Waals surface area contributed by atoms with Crippen LogP contribution >= 0.6 is 0 Å². The van der Waals surface area contributed by atoms with Crippen LogP contribution in [0, 0.1) is 0 Å². The number of nitrogens with zero attached hydrogens (tertiary/aromatic N) is 3. The second-order valence-corrected chi connectivity index (χ2v) is 8.12. The Morgan fingerprint density at radius 3 is 2.77 bits per heavy atom. The zero-order valence-electron chi connectivity index (χ0n) is 17.5. The fourth-order valence-electron chi connectivity index (χ4n) is 4.36. The highest BCUT2D eigenvalue weighted by molar-refractivity contribution is 6.10. The fourth-order valence-corrected chi connectivity index (χ4v) is 4.36. The number of ether oxygens (including phenoxy) is 1. The van der Waals surface area contributed by atoms with Crippen molar-refractivity contribution < 1.29 is 9.53 Å². The molecule has 6 nitrogen and oxygen atoms in total. The standard InChI is InChI=1S/C25H26N4O2/c30-25(29-15-13-19-6-1-4-10-22(19)29)21-9-5-14-26-24(21)28-17-18-11-12-23(27-16-18)31-20-7-2-3-8-20/h1,4-6,9-12,14,16,20H,2-3,7-8,13,15,17H2,(H,26,28). The van der Waals surface area contributed by atoms with E-state index in [-0.39, 0.29) is 5.91 Å². The lowest BCUT2D eigenvalue weighted by atomic mass is 10.1. The van der Waals surface area contributed by atoms with Gasteiger partial charge in [0.1, 0.15) is 11.9 Å². The van der Waals surface area contributed by atoms with Gasteiger partial charge in [0.2, 0.25) is 5.88 Å². The van der Waals surface area contributed by atoms with Gasteiger partial charge in [-0.2, -0.15) is 0 Å². The number of carbonyl (C=O) groups excluding carboxylic acids is 1. The molecule has 0 spiro atoms. The lowest BCUT2D eigenvalue weighted by Crippen LogP contribution is -2.29. The Morgan fingerprint density at radius 2 is 1.94 bits per heavy atom. The van der Waals surface area contributed by atoms with Gasteiger partial charge < -0.3 is 15.0 Å². The van der Waals surface area contributed by atoms with Gasteiger partial charge in [-0.25, -0.2) is 9.97 Å². The number of rotatable bonds is 6. The molecule has 0 bridgehead atoms. The van der Waals surface area contributed by atoms with Crippen LogP contribution in [-0.4, -0.2) is 28.5 Å². The molecule has 31 heavy (non-hydrogen) atoms. The van der Waals surface area contributed by atoms with Gasteiger partial charge in [0.05, 0.1) is 5.56 Å². The minimum Gasteiger partial charge on any atom is -0.474 e. The molecule has 3 heterocycles. The quantitative estimate of drug-likeness (QED) is 0.638. The first kappa shape index (κ1) is 19.5. The lowest BCUT2D eigenvalue weighted by Gasteiger charge is -2.19. The highest BCUT2D eigenvalue weighted by Gasteiger charge is 2.27. The minimum absolute atomic E-state index is 0.0287. The van der Waals surface area contributed by atoms with Gasteiger partial charge in [-0.1, -0.05) is 24.3 Å². The van der Waals surface area contributed by atoms with Crippen molar-refractivity contribution in [1.29, 1.82) is 0 Å². The summed E-state index contributed by atoms with van der Waals surface area (Å²) < 4.78 is 5.94. The van der Waals surface area contributed by atoms with E-state index in [1.54, 1.807) is 12.3 Å². The molecule has 1 aliphatic heterocycles. The number of pyridine rings is 2. The molecule has 1 saturated carbocycles. The predicted octanol–water partition coefficient (Wildman–Crippen LogP) is 4.61. The first-order chi connectivity index (χ1) is 15.3. The Hall–Kier alpha value is -3.41. The molecule has 1 aliphatic carbocycles. The summed E-state index contributed by atoms with van der Waals surface area (Å²) in [5.41, 5.74) is 3.78. The van der Waals surface area contributed by atoms with E-state index in [9.17, 15) is 4.79 Å². The monoisotopic (exact) mass is 414 g/mol. The Bertz CT molecular complexity index is 1060. The summed E-state index contributed by atoms with van der Waals surface area (Å²) in [4.78, 5) is 24.0. The third kappa shape index (κ3) is 4.24. The molecule has 158 valence electrons. The van der Waals surface area contributed by atoms with Crippen LogP contribution in [0.15, 0.2) is 60.9 Å². The average molecular weight is 415 g/mol. The Morgan fingerprint density at radius 1 is 1.06 bits per heavy atom. The van der Waals surface area contributed by atoms with Crippen molar-refractivity contribution in [2.24, 2.45) is 0 Å². The molecular weight excluding hydrogens is 388 g/mol.